The maximum atomic E-state index is 4.05. The van der Waals surface area contributed by atoms with E-state index in [9.17, 15) is 0 Å². The number of thiol groups is 1. The van der Waals surface area contributed by atoms with Crippen molar-refractivity contribution < 1.29 is 0 Å². The standard InChI is InChI=1S/C6H8N2S/c9-5-6-7-3-1-2-4-8-6/h1-4,9H,5H2,(H,7,8). The summed E-state index contributed by atoms with van der Waals surface area (Å²) >= 11 is 4.05. The van der Waals surface area contributed by atoms with Crippen molar-refractivity contribution in [3.8, 4) is 0 Å². The molecule has 2 nitrogen and oxygen atoms in total. The molecular weight excluding hydrogens is 132 g/mol. The van der Waals surface area contributed by atoms with Gasteiger partial charge in [-0.25, -0.2) is 4.99 Å². The van der Waals surface area contributed by atoms with Crippen LogP contribution >= 0.6 is 12.6 Å². The lowest BCUT2D eigenvalue weighted by Gasteiger charge is -1.96. The lowest BCUT2D eigenvalue weighted by Crippen LogP contribution is -2.17. The van der Waals surface area contributed by atoms with Crippen LogP contribution in [0.3, 0.4) is 0 Å². The Morgan fingerprint density at radius 1 is 1.56 bits per heavy atom. The van der Waals surface area contributed by atoms with Gasteiger partial charge in [0.15, 0.2) is 0 Å². The lowest BCUT2D eigenvalue weighted by atomic mass is 10.6. The SMILES string of the molecule is SCC1=NC=CC=CN1. The highest BCUT2D eigenvalue weighted by Crippen LogP contribution is 1.87. The largest absolute Gasteiger partial charge is 0.349 e. The first-order chi connectivity index (χ1) is 4.43. The fraction of sp³-hybridized carbons (Fsp3) is 0.167. The number of nitrogens with zero attached hydrogens (tertiary/aromatic N) is 1. The number of aliphatic imine (C=N–C) groups is 1. The van der Waals surface area contributed by atoms with Crippen molar-refractivity contribution in [2.75, 3.05) is 5.75 Å². The van der Waals surface area contributed by atoms with E-state index in [-0.39, 0.29) is 0 Å². The molecule has 0 aromatic carbocycles. The predicted molar refractivity (Wildman–Crippen MR) is 42.7 cm³/mol. The van der Waals surface area contributed by atoms with Crippen molar-refractivity contribution in [1.29, 1.82) is 0 Å². The van der Waals surface area contributed by atoms with E-state index in [1.54, 1.807) is 6.20 Å². The average Bonchev–Trinajstić information content (AvgIpc) is 2.13. The summed E-state index contributed by atoms with van der Waals surface area (Å²) in [5.74, 6) is 1.53. The summed E-state index contributed by atoms with van der Waals surface area (Å²) in [6.45, 7) is 0. The molecule has 0 aromatic heterocycles. The Bertz CT molecular complexity index is 170. The molecule has 0 saturated heterocycles. The van der Waals surface area contributed by atoms with Crippen LogP contribution in [0.4, 0.5) is 0 Å². The summed E-state index contributed by atoms with van der Waals surface area (Å²) in [4.78, 5) is 4.03. The first-order valence-electron chi connectivity index (χ1n) is 2.69. The third kappa shape index (κ3) is 1.93. The molecule has 1 rings (SSSR count). The molecular formula is C6H8N2S. The maximum Gasteiger partial charge on any atom is 0.115 e. The normalized spacial score (nSPS) is 16.3. The van der Waals surface area contributed by atoms with E-state index in [2.05, 4.69) is 22.9 Å². The zero-order valence-electron chi connectivity index (χ0n) is 4.91. The smallest absolute Gasteiger partial charge is 0.115 e. The van der Waals surface area contributed by atoms with Crippen LogP contribution in [-0.2, 0) is 0 Å². The molecule has 1 aliphatic heterocycles. The van der Waals surface area contributed by atoms with Crippen LogP contribution in [-0.4, -0.2) is 11.6 Å². The van der Waals surface area contributed by atoms with Gasteiger partial charge in [-0.05, 0) is 12.2 Å². The third-order valence-corrected chi connectivity index (χ3v) is 1.22. The molecule has 0 fully saturated rings. The molecule has 1 heterocycles. The van der Waals surface area contributed by atoms with Crippen LogP contribution in [0.5, 0.6) is 0 Å². The Labute approximate surface area is 59.8 Å². The second-order valence-corrected chi connectivity index (χ2v) is 1.90. The summed E-state index contributed by atoms with van der Waals surface area (Å²) in [6, 6.07) is 0. The van der Waals surface area contributed by atoms with E-state index in [1.807, 2.05) is 18.4 Å². The van der Waals surface area contributed by atoms with Crippen molar-refractivity contribution in [2.24, 2.45) is 4.99 Å². The van der Waals surface area contributed by atoms with Gasteiger partial charge in [-0.3, -0.25) is 0 Å². The van der Waals surface area contributed by atoms with Gasteiger partial charge in [0.25, 0.3) is 0 Å². The molecule has 9 heavy (non-hydrogen) atoms. The second kappa shape index (κ2) is 3.35. The molecule has 0 atom stereocenters. The summed E-state index contributed by atoms with van der Waals surface area (Å²) in [5, 5.41) is 2.96. The highest BCUT2D eigenvalue weighted by atomic mass is 32.1. The molecule has 3 heteroatoms. The molecule has 48 valence electrons. The predicted octanol–water partition coefficient (Wildman–Crippen LogP) is 0.945. The van der Waals surface area contributed by atoms with Gasteiger partial charge in [-0.15, -0.1) is 0 Å². The van der Waals surface area contributed by atoms with E-state index in [1.165, 1.54) is 0 Å². The Morgan fingerprint density at radius 2 is 2.44 bits per heavy atom. The number of rotatable bonds is 1. The fourth-order valence-electron chi connectivity index (χ4n) is 0.506. The summed E-state index contributed by atoms with van der Waals surface area (Å²) in [5.41, 5.74) is 0. The van der Waals surface area contributed by atoms with Crippen molar-refractivity contribution in [3.63, 3.8) is 0 Å². The molecule has 0 saturated carbocycles. The van der Waals surface area contributed by atoms with Gasteiger partial charge in [0.1, 0.15) is 5.84 Å². The first kappa shape index (κ1) is 6.42. The van der Waals surface area contributed by atoms with E-state index < -0.39 is 0 Å². The highest BCUT2D eigenvalue weighted by molar-refractivity contribution is 7.81. The summed E-state index contributed by atoms with van der Waals surface area (Å²) in [6.07, 6.45) is 7.32. The van der Waals surface area contributed by atoms with Gasteiger partial charge in [-0.1, -0.05) is 0 Å². The van der Waals surface area contributed by atoms with Crippen molar-refractivity contribution in [3.05, 3.63) is 24.6 Å². The quantitative estimate of drug-likeness (QED) is 0.521. The minimum Gasteiger partial charge on any atom is -0.349 e. The number of hydrogen-bond acceptors (Lipinski definition) is 3. The Morgan fingerprint density at radius 3 is 3.22 bits per heavy atom. The van der Waals surface area contributed by atoms with Gasteiger partial charge in [0.05, 0.1) is 0 Å². The van der Waals surface area contributed by atoms with Gasteiger partial charge in [0.2, 0.25) is 0 Å². The van der Waals surface area contributed by atoms with Crippen LogP contribution in [0.25, 0.3) is 0 Å². The molecule has 0 radical (unpaired) electrons. The number of amidine groups is 1. The molecule has 1 aliphatic rings. The average molecular weight is 140 g/mol. The molecule has 1 N–H and O–H groups in total. The van der Waals surface area contributed by atoms with Crippen LogP contribution in [0.2, 0.25) is 0 Å². The van der Waals surface area contributed by atoms with Crippen molar-refractivity contribution in [1.82, 2.24) is 5.32 Å². The minimum absolute atomic E-state index is 0.648. The maximum absolute atomic E-state index is 4.05. The van der Waals surface area contributed by atoms with E-state index in [0.717, 1.165) is 5.84 Å². The zero-order valence-corrected chi connectivity index (χ0v) is 5.81. The van der Waals surface area contributed by atoms with Gasteiger partial charge in [0, 0.05) is 18.2 Å². The van der Waals surface area contributed by atoms with Gasteiger partial charge >= 0.3 is 0 Å². The van der Waals surface area contributed by atoms with Crippen LogP contribution in [0, 0.1) is 0 Å². The number of nitrogens with one attached hydrogen (secondary N) is 1. The van der Waals surface area contributed by atoms with Crippen molar-refractivity contribution >= 4 is 18.5 Å². The number of allylic oxidation sites excluding steroid dienone is 2. The van der Waals surface area contributed by atoms with Crippen LogP contribution in [0.15, 0.2) is 29.5 Å². The molecule has 0 bridgehead atoms. The first-order valence-corrected chi connectivity index (χ1v) is 3.32. The molecule has 0 aromatic rings. The van der Waals surface area contributed by atoms with Crippen LogP contribution in [0.1, 0.15) is 0 Å². The summed E-state index contributed by atoms with van der Waals surface area (Å²) in [7, 11) is 0. The Hall–Kier alpha value is -0.700. The fourth-order valence-corrected chi connectivity index (χ4v) is 0.679. The molecule has 0 amide bonds. The minimum atomic E-state index is 0.648. The second-order valence-electron chi connectivity index (χ2n) is 1.58. The highest BCUT2D eigenvalue weighted by Gasteiger charge is 1.89. The van der Waals surface area contributed by atoms with E-state index in [0.29, 0.717) is 5.75 Å². The third-order valence-electron chi connectivity index (χ3n) is 0.923. The molecule has 0 unspecified atom stereocenters. The Kier molecular flexibility index (Phi) is 2.39. The van der Waals surface area contributed by atoms with Gasteiger partial charge < -0.3 is 5.32 Å². The summed E-state index contributed by atoms with van der Waals surface area (Å²) < 4.78 is 0. The number of hydrogen-bond donors (Lipinski definition) is 2. The molecule has 0 aliphatic carbocycles. The monoisotopic (exact) mass is 140 g/mol. The Balaban J connectivity index is 2.62. The van der Waals surface area contributed by atoms with Crippen molar-refractivity contribution in [2.45, 2.75) is 0 Å². The van der Waals surface area contributed by atoms with E-state index in [4.69, 9.17) is 0 Å². The topological polar surface area (TPSA) is 24.4 Å². The lowest BCUT2D eigenvalue weighted by molar-refractivity contribution is 1.25. The zero-order chi connectivity index (χ0) is 6.53. The van der Waals surface area contributed by atoms with E-state index >= 15 is 0 Å². The molecule has 0 spiro atoms. The van der Waals surface area contributed by atoms with Crippen LogP contribution < -0.4 is 5.32 Å². The van der Waals surface area contributed by atoms with Gasteiger partial charge in [-0.2, -0.15) is 12.6 Å².